The SMILES string of the molecule is CC(C)(c1ccccc1)c1ccc(OP2OCC3(CO2)COP(Oc2ccc(C(C)(C)c4ccccc4)cc2C(C)(C)c2ccccc2)OC3)c(C(C)(C)c2ccccc2)c1.CCCCC1(CC)COP(Oc2c(C(C)(C)C)cc(C(C)(C)C)cc2C(C)(C)C)OC1.COP1Oc2c(cc(CC(C)C)cc2C(C)(C)C)Cc2cc(C(C)(C)C)cc(C(C)(C)C)c2O1. The minimum Gasteiger partial charge on any atom is -0.426 e. The summed E-state index contributed by atoms with van der Waals surface area (Å²) in [5.74, 6) is 4.90. The van der Waals surface area contributed by atoms with Crippen LogP contribution >= 0.6 is 34.4 Å². The van der Waals surface area contributed by atoms with E-state index in [0.29, 0.717) is 32.3 Å². The highest BCUT2D eigenvalue weighted by molar-refractivity contribution is 7.43. The van der Waals surface area contributed by atoms with E-state index in [0.717, 1.165) is 78.8 Å². The van der Waals surface area contributed by atoms with Crippen LogP contribution in [-0.2, 0) is 98.7 Å². The van der Waals surface area contributed by atoms with Gasteiger partial charge in [-0.15, -0.1) is 0 Å². The lowest BCUT2D eigenvalue weighted by atomic mass is 9.73. The van der Waals surface area contributed by atoms with E-state index in [4.69, 9.17) is 54.3 Å². The zero-order valence-electron chi connectivity index (χ0n) is 82.2. The summed E-state index contributed by atoms with van der Waals surface area (Å²) in [6.45, 7) is 70.9. The third kappa shape index (κ3) is 24.0. The molecule has 1 atom stereocenters. The first-order valence-corrected chi connectivity index (χ1v) is 50.2. The molecule has 1 spiro atoms. The zero-order valence-corrected chi connectivity index (χ0v) is 85.8. The van der Waals surface area contributed by atoms with Crippen molar-refractivity contribution in [1.82, 2.24) is 0 Å². The van der Waals surface area contributed by atoms with E-state index in [2.05, 4.69) is 402 Å². The molecule has 13 rings (SSSR count). The van der Waals surface area contributed by atoms with Crippen molar-refractivity contribution in [3.05, 3.63) is 289 Å². The Kier molecular flexibility index (Phi) is 31.6. The van der Waals surface area contributed by atoms with E-state index < -0.39 is 39.8 Å². The van der Waals surface area contributed by atoms with Gasteiger partial charge in [0.1, 0.15) is 28.7 Å². The molecule has 0 aliphatic carbocycles. The van der Waals surface area contributed by atoms with Gasteiger partial charge in [0.15, 0.2) is 0 Å². The van der Waals surface area contributed by atoms with Crippen molar-refractivity contribution in [2.24, 2.45) is 16.7 Å². The summed E-state index contributed by atoms with van der Waals surface area (Å²) in [7, 11) is -4.63. The molecule has 3 fully saturated rings. The van der Waals surface area contributed by atoms with Gasteiger partial charge in [0.2, 0.25) is 0 Å². The summed E-state index contributed by atoms with van der Waals surface area (Å²) in [5.41, 5.74) is 19.3. The fourth-order valence-electron chi connectivity index (χ4n) is 16.8. The lowest BCUT2D eigenvalue weighted by Gasteiger charge is -2.41. The number of fused-ring (bicyclic) bond motifs is 2. The topological polar surface area (TPSA) is 111 Å². The number of benzene rings is 9. The normalized spacial score (nSPS) is 19.9. The van der Waals surface area contributed by atoms with Crippen LogP contribution in [0.15, 0.2) is 194 Å². The number of unbranched alkanes of at least 4 members (excludes halogenated alkanes) is 1. The quantitative estimate of drug-likeness (QED) is 0.0639. The Bertz CT molecular complexity index is 4860. The maximum Gasteiger partial charge on any atom is 0.462 e. The molecule has 16 heteroatoms. The van der Waals surface area contributed by atoms with Crippen molar-refractivity contribution < 1.29 is 54.3 Å². The fraction of sp³-hybridized carbons (Fsp3) is 0.509. The first-order chi connectivity index (χ1) is 58.8. The van der Waals surface area contributed by atoms with Crippen molar-refractivity contribution in [1.29, 1.82) is 0 Å². The van der Waals surface area contributed by atoms with Crippen molar-refractivity contribution in [2.75, 3.05) is 46.8 Å². The minimum atomic E-state index is -1.67. The van der Waals surface area contributed by atoms with Gasteiger partial charge in [0.25, 0.3) is 0 Å². The predicted molar refractivity (Wildman–Crippen MR) is 528 cm³/mol. The molecule has 4 heterocycles. The Labute approximate surface area is 765 Å². The monoisotopic (exact) mass is 1790 g/mol. The lowest BCUT2D eigenvalue weighted by Crippen LogP contribution is -2.45. The third-order valence-electron chi connectivity index (χ3n) is 25.9. The largest absolute Gasteiger partial charge is 0.462 e. The molecular weight excluding hydrogens is 1640 g/mol. The molecule has 9 aromatic rings. The summed E-state index contributed by atoms with van der Waals surface area (Å²) in [6.07, 6.45) is 6.49. The molecule has 682 valence electrons. The van der Waals surface area contributed by atoms with Crippen molar-refractivity contribution in [3.8, 4) is 28.7 Å². The number of hydrogen-bond donors (Lipinski definition) is 0. The minimum absolute atomic E-state index is 0.0405. The Morgan fingerprint density at radius 3 is 1.02 bits per heavy atom. The molecule has 1 unspecified atom stereocenters. The second-order valence-corrected chi connectivity index (χ2v) is 49.0. The Morgan fingerprint density at radius 1 is 0.333 bits per heavy atom. The molecule has 4 aliphatic heterocycles. The highest BCUT2D eigenvalue weighted by atomic mass is 31.2. The van der Waals surface area contributed by atoms with Gasteiger partial charge in [-0.05, 0) is 131 Å². The second kappa shape index (κ2) is 39.8. The summed E-state index contributed by atoms with van der Waals surface area (Å²) >= 11 is 0. The third-order valence-corrected chi connectivity index (χ3v) is 29.9. The van der Waals surface area contributed by atoms with Crippen LogP contribution in [0.1, 0.15) is 328 Å². The van der Waals surface area contributed by atoms with Crippen LogP contribution in [0, 0.1) is 16.7 Å². The molecule has 0 amide bonds. The van der Waals surface area contributed by atoms with Crippen molar-refractivity contribution >= 4 is 34.4 Å². The van der Waals surface area contributed by atoms with Gasteiger partial charge in [-0.2, -0.15) is 0 Å². The van der Waals surface area contributed by atoms with Crippen LogP contribution in [0.5, 0.6) is 28.7 Å². The molecule has 126 heavy (non-hydrogen) atoms. The first-order valence-electron chi connectivity index (χ1n) is 45.8. The molecule has 3 saturated heterocycles. The summed E-state index contributed by atoms with van der Waals surface area (Å²) in [6, 6.07) is 69.6. The van der Waals surface area contributed by atoms with Crippen molar-refractivity contribution in [3.63, 3.8) is 0 Å². The van der Waals surface area contributed by atoms with Crippen LogP contribution in [-0.4, -0.2) is 46.8 Å². The highest BCUT2D eigenvalue weighted by Gasteiger charge is 2.47. The van der Waals surface area contributed by atoms with Crippen LogP contribution in [0.2, 0.25) is 0 Å². The second-order valence-electron chi connectivity index (χ2n) is 44.3. The summed E-state index contributed by atoms with van der Waals surface area (Å²) in [5, 5.41) is 0. The van der Waals surface area contributed by atoms with Crippen LogP contribution in [0.3, 0.4) is 0 Å². The summed E-state index contributed by atoms with van der Waals surface area (Å²) in [4.78, 5) is 0. The molecule has 9 aromatic carbocycles. The molecule has 0 N–H and O–H groups in total. The molecular formula is C110H150O12P4. The van der Waals surface area contributed by atoms with E-state index in [1.165, 1.54) is 96.3 Å². The van der Waals surface area contributed by atoms with E-state index in [1.54, 1.807) is 7.11 Å². The van der Waals surface area contributed by atoms with Gasteiger partial charge in [0, 0.05) is 74.0 Å². The van der Waals surface area contributed by atoms with Gasteiger partial charge in [-0.1, -0.05) is 403 Å². The van der Waals surface area contributed by atoms with Gasteiger partial charge in [-0.25, -0.2) is 0 Å². The average molecular weight is 1790 g/mol. The van der Waals surface area contributed by atoms with E-state index in [9.17, 15) is 0 Å². The molecule has 0 bridgehead atoms. The van der Waals surface area contributed by atoms with Crippen LogP contribution in [0.25, 0.3) is 0 Å². The average Bonchev–Trinajstić information content (AvgIpc) is 0.779. The summed E-state index contributed by atoms with van der Waals surface area (Å²) < 4.78 is 76.9. The van der Waals surface area contributed by atoms with Gasteiger partial charge < -0.3 is 49.8 Å². The van der Waals surface area contributed by atoms with Gasteiger partial charge in [0.05, 0.1) is 45.1 Å². The Morgan fingerprint density at radius 2 is 0.667 bits per heavy atom. The Hall–Kier alpha value is -6.58. The maximum absolute atomic E-state index is 6.66. The maximum atomic E-state index is 6.66. The highest BCUT2D eigenvalue weighted by Crippen LogP contribution is 2.59. The predicted octanol–water partition coefficient (Wildman–Crippen LogP) is 31.8. The van der Waals surface area contributed by atoms with Crippen molar-refractivity contribution in [2.45, 2.75) is 300 Å². The van der Waals surface area contributed by atoms with Gasteiger partial charge in [-0.3, -0.25) is 4.52 Å². The molecule has 4 aliphatic rings. The first kappa shape index (κ1) is 100.0. The lowest BCUT2D eigenvalue weighted by molar-refractivity contribution is -0.0673. The zero-order chi connectivity index (χ0) is 92.2. The number of rotatable bonds is 21. The smallest absolute Gasteiger partial charge is 0.426 e. The molecule has 0 aromatic heterocycles. The number of hydrogen-bond acceptors (Lipinski definition) is 12. The Balaban J connectivity index is 0.000000201. The van der Waals surface area contributed by atoms with E-state index in [-0.39, 0.29) is 59.6 Å². The van der Waals surface area contributed by atoms with E-state index in [1.807, 2.05) is 0 Å². The van der Waals surface area contributed by atoms with Crippen LogP contribution in [0.4, 0.5) is 0 Å². The molecule has 12 nitrogen and oxygen atoms in total. The van der Waals surface area contributed by atoms with Gasteiger partial charge >= 0.3 is 34.4 Å². The standard InChI is InChI=1S/C53H58O6P2.C30H45O3P.C27H47O3P/c1-49(2,39-21-13-9-14-22-39)43-29-31-47(45(33-43)51(5,6)41-25-17-11-18-26-41)58-60-54-35-53(36-55-60)37-56-61(57-38-53)59-48-32-30-44(50(3,4)40-23-15-10-16-24-40)34-46(48)52(7,8)42-27-19-12-20-28-42;1-19(2)13-20-14-21-16-22-17-23(28(3,4)5)18-25(30(9,10)11)27(22)33-34(31-12)32-26(21)24(15-20)29(6,7)8;1-12-14-15-27(13-2)18-28-31(29-19-27)30-23-21(25(6,7)8)16-20(24(3,4)5)17-22(23)26(9,10)11/h9-34H,35-38H2,1-8H3;14-15,17-19H,13,16H2,1-12H3;16-17H,12-15,18-19H2,1-11H3. The fourth-order valence-corrected chi connectivity index (χ4v) is 21.5. The van der Waals surface area contributed by atoms with Crippen LogP contribution < -0.4 is 22.6 Å². The molecule has 0 radical (unpaired) electrons. The molecule has 0 saturated carbocycles. The van der Waals surface area contributed by atoms with E-state index >= 15 is 0 Å².